The van der Waals surface area contributed by atoms with Crippen molar-refractivity contribution in [1.82, 2.24) is 15.0 Å². The largest absolute Gasteiger partial charge is 0.355 e. The zero-order chi connectivity index (χ0) is 19.1. The van der Waals surface area contributed by atoms with Gasteiger partial charge in [-0.2, -0.15) is 0 Å². The van der Waals surface area contributed by atoms with Crippen LogP contribution in [0.5, 0.6) is 0 Å². The van der Waals surface area contributed by atoms with Crippen LogP contribution >= 0.6 is 11.6 Å². The fraction of sp³-hybridized carbons (Fsp3) is 0. The smallest absolute Gasteiger partial charge is 0.141 e. The van der Waals surface area contributed by atoms with Crippen LogP contribution in [0.2, 0.25) is 5.02 Å². The van der Waals surface area contributed by atoms with E-state index < -0.39 is 5.82 Å². The second-order valence-corrected chi connectivity index (χ2v) is 6.89. The Morgan fingerprint density at radius 1 is 0.929 bits per heavy atom. The number of halogens is 2. The minimum Gasteiger partial charge on any atom is -0.355 e. The molecule has 4 nitrogen and oxygen atoms in total. The highest BCUT2D eigenvalue weighted by molar-refractivity contribution is 6.31. The van der Waals surface area contributed by atoms with Gasteiger partial charge in [-0.1, -0.05) is 17.7 Å². The number of aromatic nitrogens is 3. The molecule has 5 aromatic rings. The Hall–Kier alpha value is -3.44. The zero-order valence-corrected chi connectivity index (χ0v) is 15.3. The number of rotatable bonds is 3. The SMILES string of the molecule is Fc1ccc(Nc2ccnc3ccc(-c4cnc5[nH]ccc5c4)cc23)cc1Cl. The van der Waals surface area contributed by atoms with E-state index >= 15 is 0 Å². The Bertz CT molecular complexity index is 1330. The molecular weight excluding hydrogens is 375 g/mol. The van der Waals surface area contributed by atoms with Crippen LogP contribution in [0.4, 0.5) is 15.8 Å². The first-order valence-corrected chi connectivity index (χ1v) is 9.09. The quantitative estimate of drug-likeness (QED) is 0.380. The average Bonchev–Trinajstić information content (AvgIpc) is 3.18. The van der Waals surface area contributed by atoms with Gasteiger partial charge in [0.2, 0.25) is 0 Å². The van der Waals surface area contributed by atoms with Gasteiger partial charge in [0.25, 0.3) is 0 Å². The molecule has 28 heavy (non-hydrogen) atoms. The molecule has 0 aliphatic rings. The van der Waals surface area contributed by atoms with Crippen LogP contribution in [0.25, 0.3) is 33.1 Å². The maximum atomic E-state index is 13.4. The maximum Gasteiger partial charge on any atom is 0.141 e. The van der Waals surface area contributed by atoms with Crippen LogP contribution in [0.3, 0.4) is 0 Å². The lowest BCUT2D eigenvalue weighted by molar-refractivity contribution is 0.628. The van der Waals surface area contributed by atoms with Crippen molar-refractivity contribution in [3.63, 3.8) is 0 Å². The van der Waals surface area contributed by atoms with E-state index in [4.69, 9.17) is 11.6 Å². The Labute approximate surface area is 165 Å². The van der Waals surface area contributed by atoms with E-state index in [0.29, 0.717) is 5.69 Å². The molecular formula is C22H14ClFN4. The summed E-state index contributed by atoms with van der Waals surface area (Å²) in [5, 5.41) is 5.40. The summed E-state index contributed by atoms with van der Waals surface area (Å²) in [6.45, 7) is 0. The normalized spacial score (nSPS) is 11.2. The molecule has 0 fully saturated rings. The third-order valence-corrected chi connectivity index (χ3v) is 4.96. The topological polar surface area (TPSA) is 53.6 Å². The Kier molecular flexibility index (Phi) is 3.95. The molecule has 0 saturated carbocycles. The van der Waals surface area contributed by atoms with Crippen LogP contribution < -0.4 is 5.32 Å². The van der Waals surface area contributed by atoms with Crippen molar-refractivity contribution in [2.75, 3.05) is 5.32 Å². The van der Waals surface area contributed by atoms with E-state index in [0.717, 1.165) is 38.8 Å². The molecule has 0 amide bonds. The van der Waals surface area contributed by atoms with Crippen molar-refractivity contribution in [2.24, 2.45) is 0 Å². The molecule has 0 saturated heterocycles. The van der Waals surface area contributed by atoms with Gasteiger partial charge in [0.05, 0.1) is 10.5 Å². The maximum absolute atomic E-state index is 13.4. The molecule has 0 bridgehead atoms. The van der Waals surface area contributed by atoms with E-state index in [2.05, 4.69) is 32.4 Å². The third kappa shape index (κ3) is 2.96. The number of nitrogens with one attached hydrogen (secondary N) is 2. The lowest BCUT2D eigenvalue weighted by atomic mass is 10.0. The number of H-pyrrole nitrogens is 1. The first-order chi connectivity index (χ1) is 13.7. The molecule has 5 rings (SSSR count). The summed E-state index contributed by atoms with van der Waals surface area (Å²) in [6.07, 6.45) is 5.47. The molecule has 2 N–H and O–H groups in total. The zero-order valence-electron chi connectivity index (χ0n) is 14.6. The minimum absolute atomic E-state index is 0.0786. The summed E-state index contributed by atoms with van der Waals surface area (Å²) in [5.41, 5.74) is 5.36. The first kappa shape index (κ1) is 16.7. The van der Waals surface area contributed by atoms with Crippen LogP contribution in [0.15, 0.2) is 73.2 Å². The van der Waals surface area contributed by atoms with Crippen molar-refractivity contribution < 1.29 is 4.39 Å². The molecule has 0 radical (unpaired) electrons. The summed E-state index contributed by atoms with van der Waals surface area (Å²) in [4.78, 5) is 12.0. The number of fused-ring (bicyclic) bond motifs is 2. The molecule has 136 valence electrons. The monoisotopic (exact) mass is 388 g/mol. The lowest BCUT2D eigenvalue weighted by Crippen LogP contribution is -1.94. The number of hydrogen-bond donors (Lipinski definition) is 2. The van der Waals surface area contributed by atoms with Gasteiger partial charge < -0.3 is 10.3 Å². The van der Waals surface area contributed by atoms with Crippen LogP contribution in [-0.2, 0) is 0 Å². The van der Waals surface area contributed by atoms with Gasteiger partial charge in [-0.15, -0.1) is 0 Å². The third-order valence-electron chi connectivity index (χ3n) is 4.67. The second kappa shape index (κ2) is 6.62. The standard InChI is InChI=1S/C22H14ClFN4/c23-18-11-16(2-3-19(18)24)28-21-6-8-25-20-4-1-13(10-17(20)21)15-9-14-5-7-26-22(14)27-12-15/h1-12H,(H,25,28)(H,26,27). The predicted octanol–water partition coefficient (Wildman–Crippen LogP) is 6.31. The Morgan fingerprint density at radius 3 is 2.75 bits per heavy atom. The summed E-state index contributed by atoms with van der Waals surface area (Å²) in [7, 11) is 0. The van der Waals surface area contributed by atoms with Gasteiger partial charge in [0, 0.05) is 46.3 Å². The molecule has 3 aromatic heterocycles. The van der Waals surface area contributed by atoms with Crippen molar-refractivity contribution >= 4 is 44.9 Å². The van der Waals surface area contributed by atoms with Crippen molar-refractivity contribution in [1.29, 1.82) is 0 Å². The molecule has 0 spiro atoms. The van der Waals surface area contributed by atoms with Crippen molar-refractivity contribution in [3.05, 3.63) is 84.0 Å². The van der Waals surface area contributed by atoms with E-state index in [1.165, 1.54) is 6.07 Å². The van der Waals surface area contributed by atoms with Crippen LogP contribution in [-0.4, -0.2) is 15.0 Å². The van der Waals surface area contributed by atoms with Crippen molar-refractivity contribution in [2.45, 2.75) is 0 Å². The second-order valence-electron chi connectivity index (χ2n) is 6.48. The summed E-state index contributed by atoms with van der Waals surface area (Å²) in [6, 6.07) is 16.6. The number of hydrogen-bond acceptors (Lipinski definition) is 3. The molecule has 6 heteroatoms. The van der Waals surface area contributed by atoms with Crippen LogP contribution in [0, 0.1) is 5.82 Å². The number of pyridine rings is 2. The van der Waals surface area contributed by atoms with Gasteiger partial charge >= 0.3 is 0 Å². The fourth-order valence-electron chi connectivity index (χ4n) is 3.26. The van der Waals surface area contributed by atoms with E-state index in [9.17, 15) is 4.39 Å². The Morgan fingerprint density at radius 2 is 1.86 bits per heavy atom. The predicted molar refractivity (Wildman–Crippen MR) is 112 cm³/mol. The van der Waals surface area contributed by atoms with Gasteiger partial charge in [-0.25, -0.2) is 9.37 Å². The highest BCUT2D eigenvalue weighted by Crippen LogP contribution is 2.31. The number of nitrogens with zero attached hydrogens (tertiary/aromatic N) is 2. The van der Waals surface area contributed by atoms with Crippen LogP contribution in [0.1, 0.15) is 0 Å². The molecule has 0 atom stereocenters. The van der Waals surface area contributed by atoms with E-state index in [1.54, 1.807) is 18.3 Å². The number of aromatic amines is 1. The summed E-state index contributed by atoms with van der Waals surface area (Å²) in [5.74, 6) is -0.443. The lowest BCUT2D eigenvalue weighted by Gasteiger charge is -2.11. The number of anilines is 2. The highest BCUT2D eigenvalue weighted by Gasteiger charge is 2.08. The summed E-state index contributed by atoms with van der Waals surface area (Å²) < 4.78 is 13.4. The van der Waals surface area contributed by atoms with Gasteiger partial charge in [-0.05, 0) is 54.1 Å². The Balaban J connectivity index is 1.59. The molecule has 2 aromatic carbocycles. The fourth-order valence-corrected chi connectivity index (χ4v) is 3.44. The van der Waals surface area contributed by atoms with E-state index in [1.807, 2.05) is 36.7 Å². The van der Waals surface area contributed by atoms with Gasteiger partial charge in [0.15, 0.2) is 0 Å². The molecule has 0 aliphatic heterocycles. The summed E-state index contributed by atoms with van der Waals surface area (Å²) >= 11 is 5.91. The molecule has 0 aliphatic carbocycles. The average molecular weight is 389 g/mol. The molecule has 3 heterocycles. The highest BCUT2D eigenvalue weighted by atomic mass is 35.5. The van der Waals surface area contributed by atoms with Gasteiger partial charge in [-0.3, -0.25) is 4.98 Å². The van der Waals surface area contributed by atoms with E-state index in [-0.39, 0.29) is 5.02 Å². The first-order valence-electron chi connectivity index (χ1n) is 8.72. The minimum atomic E-state index is -0.443. The molecule has 0 unspecified atom stereocenters. The van der Waals surface area contributed by atoms with Crippen molar-refractivity contribution in [3.8, 4) is 11.1 Å². The van der Waals surface area contributed by atoms with Gasteiger partial charge in [0.1, 0.15) is 11.5 Å². The number of benzene rings is 2.